The fraction of sp³-hybridized carbons (Fsp3) is 0.538. The monoisotopic (exact) mass is 337 g/mol. The van der Waals surface area contributed by atoms with Crippen molar-refractivity contribution in [2.75, 3.05) is 0 Å². The Morgan fingerprint density at radius 3 is 2.45 bits per heavy atom. The van der Waals surface area contributed by atoms with Crippen molar-refractivity contribution in [3.63, 3.8) is 0 Å². The Balaban J connectivity index is 2.00. The fourth-order valence-corrected chi connectivity index (χ4v) is 4.38. The van der Waals surface area contributed by atoms with Crippen LogP contribution in [-0.4, -0.2) is 25.7 Å². The highest BCUT2D eigenvalue weighted by atomic mass is 35.5. The SMILES string of the molecule is O=S(=O)(Cc1ccc(Cl)cc1Cl)NC1CCC(O)CC1. The lowest BCUT2D eigenvalue weighted by molar-refractivity contribution is 0.120. The van der Waals surface area contributed by atoms with Crippen molar-refractivity contribution in [1.29, 1.82) is 0 Å². The van der Waals surface area contributed by atoms with Gasteiger partial charge in [0.15, 0.2) is 0 Å². The van der Waals surface area contributed by atoms with Crippen LogP contribution in [0.3, 0.4) is 0 Å². The molecule has 4 nitrogen and oxygen atoms in total. The van der Waals surface area contributed by atoms with Gasteiger partial charge < -0.3 is 5.11 Å². The maximum Gasteiger partial charge on any atom is 0.216 e. The van der Waals surface area contributed by atoms with Crippen molar-refractivity contribution >= 4 is 33.2 Å². The summed E-state index contributed by atoms with van der Waals surface area (Å²) < 4.78 is 26.9. The Hall–Kier alpha value is -0.330. The lowest BCUT2D eigenvalue weighted by Crippen LogP contribution is -2.39. The minimum absolute atomic E-state index is 0.102. The minimum atomic E-state index is -3.45. The van der Waals surface area contributed by atoms with Gasteiger partial charge >= 0.3 is 0 Å². The highest BCUT2D eigenvalue weighted by Gasteiger charge is 2.24. The van der Waals surface area contributed by atoms with Crippen molar-refractivity contribution in [3.05, 3.63) is 33.8 Å². The molecule has 0 aromatic heterocycles. The third-order valence-corrected chi connectivity index (χ3v) is 5.37. The molecule has 0 bridgehead atoms. The zero-order chi connectivity index (χ0) is 14.8. The predicted octanol–water partition coefficient (Wildman–Crippen LogP) is 2.72. The number of halogens is 2. The molecule has 20 heavy (non-hydrogen) atoms. The Morgan fingerprint density at radius 2 is 1.85 bits per heavy atom. The molecule has 1 aliphatic rings. The molecule has 7 heteroatoms. The molecule has 0 saturated heterocycles. The van der Waals surface area contributed by atoms with Gasteiger partial charge in [0.25, 0.3) is 0 Å². The molecule has 0 radical (unpaired) electrons. The van der Waals surface area contributed by atoms with Gasteiger partial charge in [0, 0.05) is 16.1 Å². The van der Waals surface area contributed by atoms with E-state index in [9.17, 15) is 13.5 Å². The summed E-state index contributed by atoms with van der Waals surface area (Å²) in [4.78, 5) is 0. The summed E-state index contributed by atoms with van der Waals surface area (Å²) in [5.74, 6) is -0.165. The van der Waals surface area contributed by atoms with E-state index in [1.54, 1.807) is 12.1 Å². The molecule has 1 aromatic carbocycles. The molecule has 1 saturated carbocycles. The first-order chi connectivity index (χ1) is 9.35. The van der Waals surface area contributed by atoms with Gasteiger partial charge in [0.2, 0.25) is 10.0 Å². The van der Waals surface area contributed by atoms with Crippen LogP contribution in [0.15, 0.2) is 18.2 Å². The van der Waals surface area contributed by atoms with Crippen molar-refractivity contribution in [2.24, 2.45) is 0 Å². The predicted molar refractivity (Wildman–Crippen MR) is 80.5 cm³/mol. The summed E-state index contributed by atoms with van der Waals surface area (Å²) >= 11 is 11.8. The zero-order valence-electron chi connectivity index (χ0n) is 10.9. The van der Waals surface area contributed by atoms with Gasteiger partial charge in [-0.1, -0.05) is 29.3 Å². The molecular weight excluding hydrogens is 321 g/mol. The third kappa shape index (κ3) is 4.60. The van der Waals surface area contributed by atoms with Gasteiger partial charge in [0.05, 0.1) is 11.9 Å². The van der Waals surface area contributed by atoms with Crippen molar-refractivity contribution in [3.8, 4) is 0 Å². The van der Waals surface area contributed by atoms with E-state index in [-0.39, 0.29) is 17.9 Å². The van der Waals surface area contributed by atoms with Crippen molar-refractivity contribution in [2.45, 2.75) is 43.6 Å². The zero-order valence-corrected chi connectivity index (χ0v) is 13.2. The first-order valence-corrected chi connectivity index (χ1v) is 8.88. The Morgan fingerprint density at radius 1 is 1.20 bits per heavy atom. The van der Waals surface area contributed by atoms with Gasteiger partial charge in [-0.25, -0.2) is 13.1 Å². The maximum atomic E-state index is 12.1. The molecule has 1 aromatic rings. The van der Waals surface area contributed by atoms with E-state index in [2.05, 4.69) is 4.72 Å². The molecule has 0 heterocycles. The summed E-state index contributed by atoms with van der Waals surface area (Å²) in [6, 6.07) is 4.67. The number of hydrogen-bond acceptors (Lipinski definition) is 3. The van der Waals surface area contributed by atoms with Gasteiger partial charge in [0.1, 0.15) is 0 Å². The van der Waals surface area contributed by atoms with Crippen LogP contribution >= 0.6 is 23.2 Å². The number of sulfonamides is 1. The number of rotatable bonds is 4. The standard InChI is InChI=1S/C13H17Cl2NO3S/c14-10-2-1-9(13(15)7-10)8-20(18,19)16-11-3-5-12(17)6-4-11/h1-2,7,11-12,16-17H,3-6,8H2. The van der Waals surface area contributed by atoms with Crippen LogP contribution in [0, 0.1) is 0 Å². The molecule has 112 valence electrons. The van der Waals surface area contributed by atoms with E-state index < -0.39 is 10.0 Å². The van der Waals surface area contributed by atoms with Crippen LogP contribution in [-0.2, 0) is 15.8 Å². The lowest BCUT2D eigenvalue weighted by Gasteiger charge is -2.26. The Kier molecular flexibility index (Phi) is 5.31. The van der Waals surface area contributed by atoms with Crippen LogP contribution < -0.4 is 4.72 Å². The second-order valence-corrected chi connectivity index (χ2v) is 7.72. The third-order valence-electron chi connectivity index (χ3n) is 3.40. The van der Waals surface area contributed by atoms with Crippen LogP contribution in [0.25, 0.3) is 0 Å². The van der Waals surface area contributed by atoms with E-state index >= 15 is 0 Å². The first-order valence-electron chi connectivity index (χ1n) is 6.48. The van der Waals surface area contributed by atoms with Crippen LogP contribution in [0.5, 0.6) is 0 Å². The molecule has 0 unspecified atom stereocenters. The lowest BCUT2D eigenvalue weighted by atomic mass is 9.94. The van der Waals surface area contributed by atoms with Gasteiger partial charge in [-0.3, -0.25) is 0 Å². The average Bonchev–Trinajstić information content (AvgIpc) is 2.35. The number of nitrogens with one attached hydrogen (secondary N) is 1. The largest absolute Gasteiger partial charge is 0.393 e. The summed E-state index contributed by atoms with van der Waals surface area (Å²) in [6.45, 7) is 0. The van der Waals surface area contributed by atoms with Crippen molar-refractivity contribution in [1.82, 2.24) is 4.72 Å². The normalized spacial score (nSPS) is 23.8. The van der Waals surface area contributed by atoms with E-state index in [0.717, 1.165) is 0 Å². The summed E-state index contributed by atoms with van der Waals surface area (Å²) in [6.07, 6.45) is 2.29. The number of hydrogen-bond donors (Lipinski definition) is 2. The highest BCUT2D eigenvalue weighted by Crippen LogP contribution is 2.24. The van der Waals surface area contributed by atoms with Crippen LogP contribution in [0.2, 0.25) is 10.0 Å². The molecule has 0 amide bonds. The second kappa shape index (κ2) is 6.62. The molecule has 2 rings (SSSR count). The molecular formula is C13H17Cl2NO3S. The number of benzene rings is 1. The molecule has 1 aliphatic carbocycles. The topological polar surface area (TPSA) is 66.4 Å². The molecule has 0 atom stereocenters. The summed E-state index contributed by atoms with van der Waals surface area (Å²) in [5, 5.41) is 10.2. The smallest absolute Gasteiger partial charge is 0.216 e. The van der Waals surface area contributed by atoms with Crippen LogP contribution in [0.4, 0.5) is 0 Å². The molecule has 0 aliphatic heterocycles. The van der Waals surface area contributed by atoms with E-state index in [0.29, 0.717) is 41.3 Å². The van der Waals surface area contributed by atoms with E-state index in [1.165, 1.54) is 6.07 Å². The maximum absolute atomic E-state index is 12.1. The average molecular weight is 338 g/mol. The first kappa shape index (κ1) is 16.0. The second-order valence-electron chi connectivity index (χ2n) is 5.12. The van der Waals surface area contributed by atoms with Gasteiger partial charge in [-0.15, -0.1) is 0 Å². The van der Waals surface area contributed by atoms with Gasteiger partial charge in [-0.2, -0.15) is 0 Å². The van der Waals surface area contributed by atoms with E-state index in [4.69, 9.17) is 23.2 Å². The Bertz CT molecular complexity index is 569. The van der Waals surface area contributed by atoms with E-state index in [1.807, 2.05) is 0 Å². The highest BCUT2D eigenvalue weighted by molar-refractivity contribution is 7.88. The molecule has 2 N–H and O–H groups in total. The number of aliphatic hydroxyl groups is 1. The minimum Gasteiger partial charge on any atom is -0.393 e. The quantitative estimate of drug-likeness (QED) is 0.887. The summed E-state index contributed by atoms with van der Waals surface area (Å²) in [7, 11) is -3.45. The molecule has 0 spiro atoms. The fourth-order valence-electron chi connectivity index (χ4n) is 2.33. The molecule has 1 fully saturated rings. The number of aliphatic hydroxyl groups excluding tert-OH is 1. The Labute approximate surface area is 129 Å². The summed E-state index contributed by atoms with van der Waals surface area (Å²) in [5.41, 5.74) is 0.527. The van der Waals surface area contributed by atoms with Gasteiger partial charge in [-0.05, 0) is 43.4 Å². The van der Waals surface area contributed by atoms with Crippen molar-refractivity contribution < 1.29 is 13.5 Å². The van der Waals surface area contributed by atoms with Crippen LogP contribution in [0.1, 0.15) is 31.2 Å².